The second-order valence-corrected chi connectivity index (χ2v) is 6.08. The van der Waals surface area contributed by atoms with Gasteiger partial charge in [-0.05, 0) is 6.07 Å². The molecular weight excluding hydrogens is 269 g/mol. The van der Waals surface area contributed by atoms with E-state index in [-0.39, 0.29) is 11.4 Å². The van der Waals surface area contributed by atoms with Gasteiger partial charge >= 0.3 is 0 Å². The van der Waals surface area contributed by atoms with E-state index in [4.69, 9.17) is 10.9 Å². The predicted molar refractivity (Wildman–Crippen MR) is 72.1 cm³/mol. The molecule has 0 amide bonds. The van der Waals surface area contributed by atoms with E-state index in [1.807, 2.05) is 0 Å². The normalized spacial score (nSPS) is 18.7. The molecule has 0 spiro atoms. The van der Waals surface area contributed by atoms with Crippen molar-refractivity contribution in [3.63, 3.8) is 0 Å². The summed E-state index contributed by atoms with van der Waals surface area (Å²) in [5.41, 5.74) is 6.02. The number of nitrogens with two attached hydrogens (primary N) is 1. The van der Waals surface area contributed by atoms with Crippen molar-refractivity contribution in [3.05, 3.63) is 35.1 Å². The Morgan fingerprint density at radius 1 is 1.47 bits per heavy atom. The molecule has 0 aromatic heterocycles. The van der Waals surface area contributed by atoms with Crippen LogP contribution in [-0.2, 0) is 17.3 Å². The topological polar surface area (TPSA) is 78.9 Å². The van der Waals surface area contributed by atoms with Crippen LogP contribution in [0.3, 0.4) is 0 Å². The van der Waals surface area contributed by atoms with Gasteiger partial charge in [-0.15, -0.1) is 0 Å². The zero-order valence-corrected chi connectivity index (χ0v) is 11.2. The molecule has 5 nitrogen and oxygen atoms in total. The number of benzene rings is 1. The standard InChI is InChI=1S/C12H16FN3O2S/c13-11-9(2-1-3-10(11)12(14)15-17)8-16-4-6-19(18)7-5-16/h1-3,17H,4-8H2,(H2,14,15). The Bertz CT molecular complexity index is 512. The van der Waals surface area contributed by atoms with Gasteiger partial charge in [0.2, 0.25) is 0 Å². The summed E-state index contributed by atoms with van der Waals surface area (Å²) in [5, 5.41) is 11.4. The molecule has 1 saturated heterocycles. The van der Waals surface area contributed by atoms with Crippen molar-refractivity contribution in [2.24, 2.45) is 10.9 Å². The maximum absolute atomic E-state index is 14.2. The third-order valence-corrected chi connectivity index (χ3v) is 4.40. The fourth-order valence-electron chi connectivity index (χ4n) is 2.03. The number of nitrogens with zero attached hydrogens (tertiary/aromatic N) is 2. The lowest BCUT2D eigenvalue weighted by atomic mass is 10.1. The summed E-state index contributed by atoms with van der Waals surface area (Å²) < 4.78 is 25.4. The number of hydrogen-bond donors (Lipinski definition) is 2. The molecule has 0 unspecified atom stereocenters. The minimum atomic E-state index is -0.745. The highest BCUT2D eigenvalue weighted by Crippen LogP contribution is 2.16. The summed E-state index contributed by atoms with van der Waals surface area (Å²) in [6.45, 7) is 1.83. The summed E-state index contributed by atoms with van der Waals surface area (Å²) in [6.07, 6.45) is 0. The van der Waals surface area contributed by atoms with E-state index < -0.39 is 16.6 Å². The highest BCUT2D eigenvalue weighted by Gasteiger charge is 2.18. The first-order chi connectivity index (χ1) is 9.11. The summed E-state index contributed by atoms with van der Waals surface area (Å²) in [5.74, 6) is 0.548. The molecule has 0 radical (unpaired) electrons. The minimum absolute atomic E-state index is 0.0978. The lowest BCUT2D eigenvalue weighted by Gasteiger charge is -2.26. The maximum atomic E-state index is 14.2. The van der Waals surface area contributed by atoms with Crippen molar-refractivity contribution in [2.75, 3.05) is 24.6 Å². The number of halogens is 1. The molecule has 0 saturated carbocycles. The Kier molecular flexibility index (Phi) is 4.49. The van der Waals surface area contributed by atoms with E-state index >= 15 is 0 Å². The molecule has 19 heavy (non-hydrogen) atoms. The average Bonchev–Trinajstić information content (AvgIpc) is 2.43. The Hall–Kier alpha value is -1.47. The van der Waals surface area contributed by atoms with Gasteiger partial charge in [0, 0.05) is 47.5 Å². The number of rotatable bonds is 3. The van der Waals surface area contributed by atoms with Gasteiger partial charge in [0.05, 0.1) is 5.56 Å². The third kappa shape index (κ3) is 3.30. The summed E-state index contributed by atoms with van der Waals surface area (Å²) in [6, 6.07) is 4.82. The van der Waals surface area contributed by atoms with Gasteiger partial charge in [0.15, 0.2) is 5.84 Å². The van der Waals surface area contributed by atoms with Crippen LogP contribution in [0.2, 0.25) is 0 Å². The summed E-state index contributed by atoms with van der Waals surface area (Å²) in [4.78, 5) is 2.05. The van der Waals surface area contributed by atoms with E-state index in [0.717, 1.165) is 0 Å². The van der Waals surface area contributed by atoms with Crippen LogP contribution in [0, 0.1) is 5.82 Å². The van der Waals surface area contributed by atoms with Crippen LogP contribution in [0.15, 0.2) is 23.4 Å². The van der Waals surface area contributed by atoms with Crippen LogP contribution in [0.1, 0.15) is 11.1 Å². The molecule has 3 N–H and O–H groups in total. The monoisotopic (exact) mass is 285 g/mol. The quantitative estimate of drug-likeness (QED) is 0.366. The first-order valence-electron chi connectivity index (χ1n) is 5.94. The molecular formula is C12H16FN3O2S. The average molecular weight is 285 g/mol. The Morgan fingerprint density at radius 3 is 2.79 bits per heavy atom. The highest BCUT2D eigenvalue weighted by atomic mass is 32.2. The molecule has 1 fully saturated rings. The predicted octanol–water partition coefficient (Wildman–Crippen LogP) is 0.484. The molecule has 2 rings (SSSR count). The molecule has 1 heterocycles. The van der Waals surface area contributed by atoms with E-state index in [1.54, 1.807) is 12.1 Å². The number of hydrogen-bond acceptors (Lipinski definition) is 4. The largest absolute Gasteiger partial charge is 0.409 e. The molecule has 1 aromatic carbocycles. The molecule has 7 heteroatoms. The SMILES string of the molecule is N/C(=N/O)c1cccc(CN2CCS(=O)CC2)c1F. The number of oxime groups is 1. The molecule has 104 valence electrons. The maximum Gasteiger partial charge on any atom is 0.173 e. The highest BCUT2D eigenvalue weighted by molar-refractivity contribution is 7.85. The van der Waals surface area contributed by atoms with Gasteiger partial charge in [-0.3, -0.25) is 9.11 Å². The minimum Gasteiger partial charge on any atom is -0.409 e. The van der Waals surface area contributed by atoms with Crippen molar-refractivity contribution >= 4 is 16.6 Å². The second-order valence-electron chi connectivity index (χ2n) is 4.39. The van der Waals surface area contributed by atoms with Gasteiger partial charge in [-0.25, -0.2) is 4.39 Å². The van der Waals surface area contributed by atoms with E-state index in [2.05, 4.69) is 10.1 Å². The Balaban J connectivity index is 2.15. The molecule has 0 bridgehead atoms. The van der Waals surface area contributed by atoms with Crippen molar-refractivity contribution in [3.8, 4) is 0 Å². The van der Waals surface area contributed by atoms with E-state index in [0.29, 0.717) is 36.7 Å². The van der Waals surface area contributed by atoms with Crippen LogP contribution in [-0.4, -0.2) is 44.7 Å². The van der Waals surface area contributed by atoms with Gasteiger partial charge in [-0.1, -0.05) is 17.3 Å². The summed E-state index contributed by atoms with van der Waals surface area (Å²) >= 11 is 0. The Labute approximate surface area is 113 Å². The number of amidine groups is 1. The first kappa shape index (κ1) is 14.0. The zero-order valence-electron chi connectivity index (χ0n) is 10.4. The van der Waals surface area contributed by atoms with Gasteiger partial charge in [0.1, 0.15) is 5.82 Å². The van der Waals surface area contributed by atoms with Gasteiger partial charge in [0.25, 0.3) is 0 Å². The van der Waals surface area contributed by atoms with Crippen LogP contribution >= 0.6 is 0 Å². The Morgan fingerprint density at radius 2 is 2.16 bits per heavy atom. The van der Waals surface area contributed by atoms with Crippen molar-refractivity contribution in [1.82, 2.24) is 4.90 Å². The van der Waals surface area contributed by atoms with Crippen molar-refractivity contribution in [1.29, 1.82) is 0 Å². The fraction of sp³-hybridized carbons (Fsp3) is 0.417. The van der Waals surface area contributed by atoms with Crippen LogP contribution < -0.4 is 5.73 Å². The third-order valence-electron chi connectivity index (χ3n) is 3.13. The van der Waals surface area contributed by atoms with E-state index in [9.17, 15) is 8.60 Å². The second kappa shape index (κ2) is 6.12. The zero-order chi connectivity index (χ0) is 13.8. The van der Waals surface area contributed by atoms with Crippen LogP contribution in [0.25, 0.3) is 0 Å². The summed E-state index contributed by atoms with van der Waals surface area (Å²) in [7, 11) is -0.745. The first-order valence-corrected chi connectivity index (χ1v) is 7.43. The van der Waals surface area contributed by atoms with Crippen molar-refractivity contribution < 1.29 is 13.8 Å². The van der Waals surface area contributed by atoms with Crippen LogP contribution in [0.5, 0.6) is 0 Å². The molecule has 0 atom stereocenters. The van der Waals surface area contributed by atoms with Gasteiger partial charge < -0.3 is 10.9 Å². The van der Waals surface area contributed by atoms with Crippen molar-refractivity contribution in [2.45, 2.75) is 6.54 Å². The fourth-order valence-corrected chi connectivity index (χ4v) is 3.16. The van der Waals surface area contributed by atoms with Crippen LogP contribution in [0.4, 0.5) is 4.39 Å². The van der Waals surface area contributed by atoms with E-state index in [1.165, 1.54) is 6.07 Å². The molecule has 0 aliphatic carbocycles. The molecule has 1 aliphatic rings. The molecule has 1 aliphatic heterocycles. The lowest BCUT2D eigenvalue weighted by molar-refractivity contribution is 0.287. The lowest BCUT2D eigenvalue weighted by Crippen LogP contribution is -2.37. The van der Waals surface area contributed by atoms with Gasteiger partial charge in [-0.2, -0.15) is 0 Å². The molecule has 1 aromatic rings. The smallest absolute Gasteiger partial charge is 0.173 e.